The van der Waals surface area contributed by atoms with Crippen LogP contribution < -0.4 is 10.1 Å². The number of nitrogens with one attached hydrogen (secondary N) is 2. The number of hydrogen-bond donors (Lipinski definition) is 2. The number of hydrogen-bond acceptors (Lipinski definition) is 7. The molecule has 0 unspecified atom stereocenters. The molecule has 0 aliphatic carbocycles. The Balaban J connectivity index is 1.39. The van der Waals surface area contributed by atoms with Gasteiger partial charge in [-0.1, -0.05) is 17.3 Å². The molecule has 0 saturated heterocycles. The van der Waals surface area contributed by atoms with Crippen molar-refractivity contribution in [1.82, 2.24) is 35.0 Å². The standard InChI is InChI=1S/C20H15FN8O/c21-15-4-5-17-11(6-7-30-17)13(15)8-22-20-23-9-14(19-27-24-10-29(19)20)12-2-1-3-16-18(12)26-28-25-16/h1-5,9-10H,6-8H2,(H,22,23)(H,25,26,28). The van der Waals surface area contributed by atoms with E-state index in [2.05, 4.69) is 35.9 Å². The summed E-state index contributed by atoms with van der Waals surface area (Å²) in [7, 11) is 0. The SMILES string of the molecule is Fc1ccc2c(c1CNc1ncc(-c3cccc4nn[nH]c34)c3nncn13)CCO2. The van der Waals surface area contributed by atoms with Crippen LogP contribution in [0.1, 0.15) is 11.1 Å². The van der Waals surface area contributed by atoms with Crippen molar-refractivity contribution in [2.24, 2.45) is 0 Å². The molecule has 2 N–H and O–H groups in total. The molecule has 1 aliphatic heterocycles. The first-order valence-electron chi connectivity index (χ1n) is 9.45. The molecule has 1 aliphatic rings. The Labute approximate surface area is 168 Å². The van der Waals surface area contributed by atoms with Gasteiger partial charge in [-0.3, -0.25) is 9.50 Å². The van der Waals surface area contributed by atoms with Crippen LogP contribution in [0.4, 0.5) is 10.3 Å². The maximum absolute atomic E-state index is 14.4. The molecule has 4 heterocycles. The zero-order valence-corrected chi connectivity index (χ0v) is 15.6. The molecule has 9 nitrogen and oxygen atoms in total. The van der Waals surface area contributed by atoms with Crippen LogP contribution in [-0.2, 0) is 13.0 Å². The quantitative estimate of drug-likeness (QED) is 0.476. The van der Waals surface area contributed by atoms with Crippen molar-refractivity contribution >= 4 is 22.6 Å². The predicted octanol–water partition coefficient (Wildman–Crippen LogP) is 2.75. The minimum absolute atomic E-state index is 0.262. The molecular weight excluding hydrogens is 387 g/mol. The number of nitrogens with zero attached hydrogens (tertiary/aromatic N) is 6. The van der Waals surface area contributed by atoms with Crippen molar-refractivity contribution in [3.63, 3.8) is 0 Å². The van der Waals surface area contributed by atoms with Gasteiger partial charge in [0.2, 0.25) is 5.95 Å². The van der Waals surface area contributed by atoms with E-state index in [4.69, 9.17) is 4.74 Å². The van der Waals surface area contributed by atoms with E-state index in [0.717, 1.165) is 33.5 Å². The summed E-state index contributed by atoms with van der Waals surface area (Å²) in [5.74, 6) is 0.999. The van der Waals surface area contributed by atoms with Crippen LogP contribution in [0.5, 0.6) is 5.75 Å². The molecule has 148 valence electrons. The highest BCUT2D eigenvalue weighted by atomic mass is 19.1. The molecule has 6 rings (SSSR count). The lowest BCUT2D eigenvalue weighted by Crippen LogP contribution is -2.09. The van der Waals surface area contributed by atoms with E-state index in [1.807, 2.05) is 18.2 Å². The number of fused-ring (bicyclic) bond motifs is 3. The fourth-order valence-corrected chi connectivity index (χ4v) is 3.91. The minimum atomic E-state index is -0.262. The highest BCUT2D eigenvalue weighted by Gasteiger charge is 2.20. The Morgan fingerprint density at radius 3 is 3.10 bits per heavy atom. The summed E-state index contributed by atoms with van der Waals surface area (Å²) >= 11 is 0. The lowest BCUT2D eigenvalue weighted by atomic mass is 10.0. The molecule has 30 heavy (non-hydrogen) atoms. The highest BCUT2D eigenvalue weighted by Crippen LogP contribution is 2.32. The van der Waals surface area contributed by atoms with Gasteiger partial charge in [-0.05, 0) is 18.2 Å². The number of halogens is 1. The second kappa shape index (κ2) is 6.48. The van der Waals surface area contributed by atoms with E-state index in [1.54, 1.807) is 23.0 Å². The summed E-state index contributed by atoms with van der Waals surface area (Å²) in [6.07, 6.45) is 3.99. The van der Waals surface area contributed by atoms with Crippen LogP contribution in [0.15, 0.2) is 42.9 Å². The third-order valence-corrected chi connectivity index (χ3v) is 5.35. The van der Waals surface area contributed by atoms with Gasteiger partial charge in [0.1, 0.15) is 23.4 Å². The zero-order chi connectivity index (χ0) is 20.1. The average Bonchev–Trinajstić information content (AvgIpc) is 3.52. The van der Waals surface area contributed by atoms with Crippen molar-refractivity contribution in [3.8, 4) is 16.9 Å². The molecule has 0 spiro atoms. The summed E-state index contributed by atoms with van der Waals surface area (Å²) in [5.41, 5.74) is 5.32. The first-order chi connectivity index (χ1) is 14.8. The molecule has 0 atom stereocenters. The van der Waals surface area contributed by atoms with E-state index >= 15 is 0 Å². The largest absolute Gasteiger partial charge is 0.493 e. The number of rotatable bonds is 4. The molecule has 0 bridgehead atoms. The fraction of sp³-hybridized carbons (Fsp3) is 0.150. The Morgan fingerprint density at radius 2 is 2.13 bits per heavy atom. The topological polar surface area (TPSA) is 106 Å². The van der Waals surface area contributed by atoms with Crippen molar-refractivity contribution < 1.29 is 9.13 Å². The van der Waals surface area contributed by atoms with E-state index in [0.29, 0.717) is 30.2 Å². The summed E-state index contributed by atoms with van der Waals surface area (Å²) in [5, 5.41) is 22.4. The van der Waals surface area contributed by atoms with Crippen molar-refractivity contribution in [1.29, 1.82) is 0 Å². The van der Waals surface area contributed by atoms with Gasteiger partial charge in [0.05, 0.1) is 12.1 Å². The third-order valence-electron chi connectivity index (χ3n) is 5.35. The zero-order valence-electron chi connectivity index (χ0n) is 15.6. The highest BCUT2D eigenvalue weighted by molar-refractivity contribution is 5.95. The van der Waals surface area contributed by atoms with E-state index in [1.165, 1.54) is 6.07 Å². The Kier molecular flexibility index (Phi) is 3.63. The molecule has 0 radical (unpaired) electrons. The van der Waals surface area contributed by atoms with Crippen molar-refractivity contribution in [2.45, 2.75) is 13.0 Å². The molecule has 0 fully saturated rings. The van der Waals surface area contributed by atoms with Crippen LogP contribution in [-0.4, -0.2) is 41.6 Å². The van der Waals surface area contributed by atoms with Gasteiger partial charge in [-0.25, -0.2) is 9.37 Å². The number of ether oxygens (including phenoxy) is 1. The van der Waals surface area contributed by atoms with Gasteiger partial charge in [-0.2, -0.15) is 0 Å². The van der Waals surface area contributed by atoms with Crippen LogP contribution in [0.25, 0.3) is 27.8 Å². The van der Waals surface area contributed by atoms with Crippen molar-refractivity contribution in [2.75, 3.05) is 11.9 Å². The van der Waals surface area contributed by atoms with Crippen LogP contribution in [0.3, 0.4) is 0 Å². The lowest BCUT2D eigenvalue weighted by Gasteiger charge is -2.12. The summed E-state index contributed by atoms with van der Waals surface area (Å²) in [6, 6.07) is 8.84. The van der Waals surface area contributed by atoms with E-state index < -0.39 is 0 Å². The van der Waals surface area contributed by atoms with Gasteiger partial charge in [0, 0.05) is 41.4 Å². The first kappa shape index (κ1) is 16.8. The maximum atomic E-state index is 14.4. The number of aromatic nitrogens is 7. The second-order valence-corrected chi connectivity index (χ2v) is 6.99. The molecular formula is C20H15FN8O. The summed E-state index contributed by atoms with van der Waals surface area (Å²) in [6.45, 7) is 0.848. The van der Waals surface area contributed by atoms with E-state index in [-0.39, 0.29) is 12.4 Å². The molecule has 2 aromatic carbocycles. The third kappa shape index (κ3) is 2.50. The molecule has 10 heteroatoms. The van der Waals surface area contributed by atoms with Gasteiger partial charge in [-0.15, -0.1) is 15.3 Å². The summed E-state index contributed by atoms with van der Waals surface area (Å²) in [4.78, 5) is 4.55. The smallest absolute Gasteiger partial charge is 0.210 e. The van der Waals surface area contributed by atoms with Crippen molar-refractivity contribution in [3.05, 3.63) is 59.8 Å². The van der Waals surface area contributed by atoms with E-state index in [9.17, 15) is 4.39 Å². The van der Waals surface area contributed by atoms with Gasteiger partial charge >= 0.3 is 0 Å². The minimum Gasteiger partial charge on any atom is -0.493 e. The Morgan fingerprint density at radius 1 is 1.17 bits per heavy atom. The van der Waals surface area contributed by atoms with Gasteiger partial charge in [0.15, 0.2) is 5.65 Å². The van der Waals surface area contributed by atoms with Gasteiger partial charge in [0.25, 0.3) is 0 Å². The fourth-order valence-electron chi connectivity index (χ4n) is 3.91. The summed E-state index contributed by atoms with van der Waals surface area (Å²) < 4.78 is 21.7. The molecule has 0 amide bonds. The Bertz CT molecular complexity index is 1410. The Hall–Kier alpha value is -4.08. The molecule has 0 saturated carbocycles. The number of para-hydroxylation sites is 1. The number of aromatic amines is 1. The number of benzene rings is 2. The predicted molar refractivity (Wildman–Crippen MR) is 107 cm³/mol. The normalized spacial score (nSPS) is 13.0. The lowest BCUT2D eigenvalue weighted by molar-refractivity contribution is 0.356. The second-order valence-electron chi connectivity index (χ2n) is 6.99. The maximum Gasteiger partial charge on any atom is 0.210 e. The van der Waals surface area contributed by atoms with Crippen LogP contribution >= 0.6 is 0 Å². The number of anilines is 1. The van der Waals surface area contributed by atoms with Crippen LogP contribution in [0, 0.1) is 5.82 Å². The average molecular weight is 402 g/mol. The first-order valence-corrected chi connectivity index (χ1v) is 9.45. The number of H-pyrrole nitrogens is 1. The monoisotopic (exact) mass is 402 g/mol. The molecule has 5 aromatic rings. The molecule has 3 aromatic heterocycles. The van der Waals surface area contributed by atoms with Gasteiger partial charge < -0.3 is 10.1 Å². The van der Waals surface area contributed by atoms with Crippen LogP contribution in [0.2, 0.25) is 0 Å².